The quantitative estimate of drug-likeness (QED) is 0.148. The third-order valence-corrected chi connectivity index (χ3v) is 6.60. The van der Waals surface area contributed by atoms with Gasteiger partial charge in [-0.3, -0.25) is 0 Å². The number of aromatic amines is 2. The minimum absolute atomic E-state index is 0.0473. The lowest BCUT2D eigenvalue weighted by Gasteiger charge is -2.09. The van der Waals surface area contributed by atoms with Crippen LogP contribution in [0.3, 0.4) is 0 Å². The zero-order chi connectivity index (χ0) is 31.8. The number of hydrogen-bond acceptors (Lipinski definition) is 6. The van der Waals surface area contributed by atoms with Crippen LogP contribution in [0.15, 0.2) is 24.3 Å². The summed E-state index contributed by atoms with van der Waals surface area (Å²) in [5, 5.41) is 0. The van der Waals surface area contributed by atoms with Crippen molar-refractivity contribution in [3.63, 3.8) is 0 Å². The summed E-state index contributed by atoms with van der Waals surface area (Å²) < 4.78 is 97.4. The maximum atomic E-state index is 14.5. The topological polar surface area (TPSA) is 110 Å². The standard InChI is InChI=1S/C30H24F6N4O4/c1-3-13-43-27(41)23-15-5-9-19(37-15)25(29(31,32)33)21-11-7-17(39-21)24(28(42)44-14-4-2)18-8-12-22(40-18)26(30(34,35)36)20-10-6-16(23)38-20/h5-12,37,40H,3-4,13-14H2,1-2H3. The van der Waals surface area contributed by atoms with Crippen molar-refractivity contribution in [2.75, 3.05) is 13.2 Å². The molecule has 44 heavy (non-hydrogen) atoms. The molecule has 0 radical (unpaired) electrons. The van der Waals surface area contributed by atoms with E-state index in [0.717, 1.165) is 36.4 Å². The van der Waals surface area contributed by atoms with Crippen LogP contribution < -0.4 is 0 Å². The Bertz CT molecular complexity index is 1730. The molecule has 5 heterocycles. The van der Waals surface area contributed by atoms with Crippen molar-refractivity contribution in [1.29, 1.82) is 0 Å². The van der Waals surface area contributed by atoms with Crippen LogP contribution in [0.2, 0.25) is 0 Å². The number of nitrogens with zero attached hydrogens (tertiary/aromatic N) is 2. The Labute approximate surface area is 245 Å². The predicted molar refractivity (Wildman–Crippen MR) is 150 cm³/mol. The molecule has 0 saturated carbocycles. The lowest BCUT2D eigenvalue weighted by molar-refractivity contribution is -0.137. The minimum atomic E-state index is -4.96. The van der Waals surface area contributed by atoms with E-state index >= 15 is 0 Å². The van der Waals surface area contributed by atoms with Crippen molar-refractivity contribution >= 4 is 58.3 Å². The van der Waals surface area contributed by atoms with Gasteiger partial charge in [-0.1, -0.05) is 13.8 Å². The van der Waals surface area contributed by atoms with Gasteiger partial charge >= 0.3 is 24.3 Å². The van der Waals surface area contributed by atoms with Crippen LogP contribution in [0, 0.1) is 0 Å². The third kappa shape index (κ3) is 5.83. The third-order valence-electron chi connectivity index (χ3n) is 6.60. The second-order valence-corrected chi connectivity index (χ2v) is 9.77. The summed E-state index contributed by atoms with van der Waals surface area (Å²) in [6.07, 6.45) is -4.73. The fraction of sp³-hybridized carbons (Fsp3) is 0.267. The maximum Gasteiger partial charge on any atom is 0.420 e. The number of ether oxygens (including phenoxy) is 2. The Morgan fingerprint density at radius 2 is 0.955 bits per heavy atom. The Balaban J connectivity index is 2.00. The Hall–Kier alpha value is -4.88. The van der Waals surface area contributed by atoms with E-state index in [1.54, 1.807) is 13.8 Å². The SMILES string of the molecule is CCCOC(=O)c1c2nc(c(C(F)(F)F)c3ccc([nH]3)c(C(=O)OCCC)c3nc(c(C(F)(F)F)c4ccc1[nH]4)C=C3)C=C2. The fourth-order valence-electron chi connectivity index (χ4n) is 4.77. The van der Waals surface area contributed by atoms with Crippen LogP contribution in [0.1, 0.15) is 81.3 Å². The Morgan fingerprint density at radius 1 is 0.614 bits per heavy atom. The van der Waals surface area contributed by atoms with E-state index in [1.165, 1.54) is 12.1 Å². The molecular weight excluding hydrogens is 594 g/mol. The first-order valence-corrected chi connectivity index (χ1v) is 13.5. The van der Waals surface area contributed by atoms with Gasteiger partial charge < -0.3 is 19.4 Å². The van der Waals surface area contributed by atoms with Crippen molar-refractivity contribution in [1.82, 2.24) is 19.9 Å². The second kappa shape index (κ2) is 11.7. The monoisotopic (exact) mass is 618 g/mol. The maximum absolute atomic E-state index is 14.5. The van der Waals surface area contributed by atoms with Gasteiger partial charge in [0.05, 0.1) is 58.1 Å². The van der Waals surface area contributed by atoms with Gasteiger partial charge in [0.2, 0.25) is 0 Å². The summed E-state index contributed by atoms with van der Waals surface area (Å²) in [5.74, 6) is -1.98. The van der Waals surface area contributed by atoms with Crippen molar-refractivity contribution < 1.29 is 45.4 Å². The highest BCUT2D eigenvalue weighted by Crippen LogP contribution is 2.38. The number of carbonyl (C=O) groups excluding carboxylic acids is 2. The van der Waals surface area contributed by atoms with Gasteiger partial charge in [-0.15, -0.1) is 0 Å². The van der Waals surface area contributed by atoms with Crippen molar-refractivity contribution in [2.45, 2.75) is 39.0 Å². The Kier molecular flexibility index (Phi) is 8.10. The number of fused-ring (bicyclic) bond motifs is 8. The first kappa shape index (κ1) is 30.6. The molecule has 8 nitrogen and oxygen atoms in total. The number of esters is 2. The first-order chi connectivity index (χ1) is 20.8. The highest BCUT2D eigenvalue weighted by Gasteiger charge is 2.38. The van der Waals surface area contributed by atoms with E-state index < -0.39 is 57.8 Å². The number of aromatic nitrogens is 4. The first-order valence-electron chi connectivity index (χ1n) is 13.5. The zero-order valence-electron chi connectivity index (χ0n) is 23.2. The van der Waals surface area contributed by atoms with Gasteiger partial charge in [0.25, 0.3) is 0 Å². The molecule has 2 aliphatic rings. The summed E-state index contributed by atoms with van der Waals surface area (Å²) in [6.45, 7) is 3.34. The van der Waals surface area contributed by atoms with Crippen molar-refractivity contribution in [2.24, 2.45) is 0 Å². The summed E-state index contributed by atoms with van der Waals surface area (Å²) in [5.41, 5.74) is -6.11. The smallest absolute Gasteiger partial charge is 0.420 e. The fourth-order valence-corrected chi connectivity index (χ4v) is 4.77. The molecule has 0 amide bonds. The van der Waals surface area contributed by atoms with Gasteiger partial charge in [0.15, 0.2) is 0 Å². The van der Waals surface area contributed by atoms with Crippen molar-refractivity contribution in [3.8, 4) is 0 Å². The van der Waals surface area contributed by atoms with E-state index in [4.69, 9.17) is 9.47 Å². The lowest BCUT2D eigenvalue weighted by atomic mass is 10.2. The average molecular weight is 619 g/mol. The van der Waals surface area contributed by atoms with Crippen molar-refractivity contribution in [3.05, 3.63) is 69.3 Å². The van der Waals surface area contributed by atoms with Gasteiger partial charge in [-0.2, -0.15) is 26.3 Å². The predicted octanol–water partition coefficient (Wildman–Crippen LogP) is 7.83. The van der Waals surface area contributed by atoms with E-state index in [-0.39, 0.29) is 46.8 Å². The molecule has 5 rings (SSSR count). The van der Waals surface area contributed by atoms with Gasteiger partial charge in [-0.05, 0) is 61.4 Å². The van der Waals surface area contributed by atoms with E-state index in [1.807, 2.05) is 0 Å². The molecule has 0 fully saturated rings. The summed E-state index contributed by atoms with van der Waals surface area (Å²) >= 11 is 0. The van der Waals surface area contributed by atoms with Crippen LogP contribution in [0.25, 0.3) is 46.4 Å². The molecule has 0 atom stereocenters. The highest BCUT2D eigenvalue weighted by molar-refractivity contribution is 6.03. The van der Waals surface area contributed by atoms with Gasteiger partial charge in [-0.25, -0.2) is 19.6 Å². The number of alkyl halides is 6. The molecule has 0 saturated heterocycles. The summed E-state index contributed by atoms with van der Waals surface area (Å²) in [7, 11) is 0. The summed E-state index contributed by atoms with van der Waals surface area (Å²) in [6, 6.07) is 4.47. The highest BCUT2D eigenvalue weighted by atomic mass is 19.4. The summed E-state index contributed by atoms with van der Waals surface area (Å²) in [4.78, 5) is 39.4. The molecule has 0 unspecified atom stereocenters. The largest absolute Gasteiger partial charge is 0.462 e. The molecule has 230 valence electrons. The number of carbonyl (C=O) groups is 2. The Morgan fingerprint density at radius 3 is 1.30 bits per heavy atom. The molecule has 8 bridgehead atoms. The van der Waals surface area contributed by atoms with E-state index in [0.29, 0.717) is 12.8 Å². The van der Waals surface area contributed by atoms with Crippen LogP contribution in [0.4, 0.5) is 26.3 Å². The lowest BCUT2D eigenvalue weighted by Crippen LogP contribution is -2.10. The number of nitrogens with one attached hydrogen (secondary N) is 2. The number of halogens is 6. The molecular formula is C30H24F6N4O4. The zero-order valence-corrected chi connectivity index (χ0v) is 23.2. The minimum Gasteiger partial charge on any atom is -0.462 e. The molecule has 3 aromatic heterocycles. The van der Waals surface area contributed by atoms with Gasteiger partial charge in [0, 0.05) is 0 Å². The molecule has 2 N–H and O–H groups in total. The molecule has 3 aromatic rings. The van der Waals surface area contributed by atoms with Crippen LogP contribution >= 0.6 is 0 Å². The average Bonchev–Trinajstić information content (AvgIpc) is 3.75. The molecule has 0 spiro atoms. The second-order valence-electron chi connectivity index (χ2n) is 9.77. The van der Waals surface area contributed by atoms with Gasteiger partial charge in [0.1, 0.15) is 22.3 Å². The van der Waals surface area contributed by atoms with Crippen LogP contribution in [0.5, 0.6) is 0 Å². The molecule has 0 aliphatic carbocycles. The number of H-pyrrole nitrogens is 2. The van der Waals surface area contributed by atoms with E-state index in [2.05, 4.69) is 19.9 Å². The van der Waals surface area contributed by atoms with Crippen LogP contribution in [-0.2, 0) is 21.8 Å². The molecule has 0 aromatic carbocycles. The van der Waals surface area contributed by atoms with Crippen LogP contribution in [-0.4, -0.2) is 45.1 Å². The number of hydrogen-bond donors (Lipinski definition) is 2. The van der Waals surface area contributed by atoms with E-state index in [9.17, 15) is 35.9 Å². The molecule has 14 heteroatoms. The normalized spacial score (nSPS) is 12.9. The molecule has 2 aliphatic heterocycles. The number of rotatable bonds is 6.